The van der Waals surface area contributed by atoms with Crippen LogP contribution in [0.3, 0.4) is 0 Å². The summed E-state index contributed by atoms with van der Waals surface area (Å²) in [6.07, 6.45) is 3.25. The Balaban J connectivity index is 1.90. The van der Waals surface area contributed by atoms with Crippen LogP contribution >= 0.6 is 0 Å². The van der Waals surface area contributed by atoms with E-state index >= 15 is 0 Å². The average Bonchev–Trinajstić information content (AvgIpc) is 2.80. The minimum Gasteiger partial charge on any atom is -0.388 e. The van der Waals surface area contributed by atoms with Crippen molar-refractivity contribution < 1.29 is 4.42 Å². The molecule has 98 valence electrons. The number of aromatic nitrogens is 2. The van der Waals surface area contributed by atoms with Gasteiger partial charge in [0.1, 0.15) is 0 Å². The van der Waals surface area contributed by atoms with Crippen molar-refractivity contribution in [2.24, 2.45) is 7.05 Å². The molecular formula is C14H15N3O2. The molecule has 0 amide bonds. The Kier molecular flexibility index (Phi) is 3.05. The highest BCUT2D eigenvalue weighted by Crippen LogP contribution is 2.23. The Hall–Kier alpha value is -2.14. The number of hydrogen-bond donors (Lipinski definition) is 1. The summed E-state index contributed by atoms with van der Waals surface area (Å²) < 4.78 is 6.25. The number of nitrogens with one attached hydrogen (secondary N) is 1. The Bertz CT molecular complexity index is 665. The molecule has 3 rings (SSSR count). The SMILES string of the molecule is Cn1nc(-c2ccc(C3=CCNCC3)cc2)oc1=O. The molecule has 1 aliphatic rings. The lowest BCUT2D eigenvalue weighted by Crippen LogP contribution is -2.19. The smallest absolute Gasteiger partial charge is 0.388 e. The molecule has 0 atom stereocenters. The molecule has 19 heavy (non-hydrogen) atoms. The zero-order valence-corrected chi connectivity index (χ0v) is 10.7. The first-order chi connectivity index (χ1) is 9.24. The molecule has 2 heterocycles. The molecule has 0 fully saturated rings. The van der Waals surface area contributed by atoms with Crippen molar-refractivity contribution in [3.8, 4) is 11.5 Å². The number of rotatable bonds is 2. The van der Waals surface area contributed by atoms with E-state index in [0.717, 1.165) is 25.1 Å². The van der Waals surface area contributed by atoms with Crippen molar-refractivity contribution in [2.75, 3.05) is 13.1 Å². The normalized spacial score (nSPS) is 15.3. The molecule has 1 aromatic heterocycles. The molecule has 0 radical (unpaired) electrons. The van der Waals surface area contributed by atoms with Crippen molar-refractivity contribution in [1.82, 2.24) is 15.1 Å². The molecule has 0 aliphatic carbocycles. The highest BCUT2D eigenvalue weighted by molar-refractivity contribution is 5.68. The van der Waals surface area contributed by atoms with Gasteiger partial charge in [-0.1, -0.05) is 18.2 Å². The third-order valence-corrected chi connectivity index (χ3v) is 3.26. The van der Waals surface area contributed by atoms with E-state index in [1.54, 1.807) is 7.05 Å². The van der Waals surface area contributed by atoms with E-state index in [1.807, 2.05) is 24.3 Å². The van der Waals surface area contributed by atoms with Gasteiger partial charge in [0.25, 0.3) is 0 Å². The number of benzene rings is 1. The van der Waals surface area contributed by atoms with Gasteiger partial charge < -0.3 is 9.73 Å². The summed E-state index contributed by atoms with van der Waals surface area (Å²) in [5.74, 6) is -0.0847. The van der Waals surface area contributed by atoms with Gasteiger partial charge in [-0.3, -0.25) is 0 Å². The molecule has 0 saturated heterocycles. The van der Waals surface area contributed by atoms with Gasteiger partial charge in [-0.25, -0.2) is 4.79 Å². The minimum atomic E-state index is -0.444. The fraction of sp³-hybridized carbons (Fsp3) is 0.286. The van der Waals surface area contributed by atoms with Gasteiger partial charge >= 0.3 is 5.76 Å². The van der Waals surface area contributed by atoms with Gasteiger partial charge in [0.05, 0.1) is 0 Å². The van der Waals surface area contributed by atoms with E-state index in [9.17, 15) is 4.79 Å². The van der Waals surface area contributed by atoms with Crippen LogP contribution in [0.4, 0.5) is 0 Å². The van der Waals surface area contributed by atoms with Crippen molar-refractivity contribution in [2.45, 2.75) is 6.42 Å². The summed E-state index contributed by atoms with van der Waals surface area (Å²) >= 11 is 0. The van der Waals surface area contributed by atoms with E-state index in [2.05, 4.69) is 16.5 Å². The van der Waals surface area contributed by atoms with Crippen LogP contribution in [0.25, 0.3) is 17.0 Å². The lowest BCUT2D eigenvalue weighted by atomic mass is 9.99. The van der Waals surface area contributed by atoms with E-state index in [0.29, 0.717) is 5.89 Å². The highest BCUT2D eigenvalue weighted by atomic mass is 16.4. The highest BCUT2D eigenvalue weighted by Gasteiger charge is 2.09. The quantitative estimate of drug-likeness (QED) is 0.884. The molecule has 0 unspecified atom stereocenters. The fourth-order valence-corrected chi connectivity index (χ4v) is 2.17. The van der Waals surface area contributed by atoms with Crippen LogP contribution in [0.15, 0.2) is 39.6 Å². The first-order valence-electron chi connectivity index (χ1n) is 6.29. The predicted molar refractivity (Wildman–Crippen MR) is 72.6 cm³/mol. The van der Waals surface area contributed by atoms with Gasteiger partial charge in [-0.2, -0.15) is 4.68 Å². The molecule has 5 heteroatoms. The van der Waals surface area contributed by atoms with Crippen LogP contribution in [-0.4, -0.2) is 22.9 Å². The Morgan fingerprint density at radius 2 is 2.00 bits per heavy atom. The zero-order chi connectivity index (χ0) is 13.2. The van der Waals surface area contributed by atoms with Gasteiger partial charge in [0.2, 0.25) is 5.89 Å². The Labute approximate surface area is 110 Å². The van der Waals surface area contributed by atoms with Crippen LogP contribution in [0.1, 0.15) is 12.0 Å². The monoisotopic (exact) mass is 257 g/mol. The van der Waals surface area contributed by atoms with E-state index in [-0.39, 0.29) is 0 Å². The maximum atomic E-state index is 11.2. The summed E-state index contributed by atoms with van der Waals surface area (Å²) in [5, 5.41) is 7.33. The lowest BCUT2D eigenvalue weighted by Gasteiger charge is -2.14. The molecule has 0 saturated carbocycles. The van der Waals surface area contributed by atoms with Crippen LogP contribution < -0.4 is 11.1 Å². The van der Waals surface area contributed by atoms with Gasteiger partial charge in [0.15, 0.2) is 0 Å². The van der Waals surface area contributed by atoms with E-state index in [4.69, 9.17) is 4.42 Å². The van der Waals surface area contributed by atoms with Crippen LogP contribution in [0.2, 0.25) is 0 Å². The first-order valence-corrected chi connectivity index (χ1v) is 6.29. The summed E-state index contributed by atoms with van der Waals surface area (Å²) in [6.45, 7) is 1.94. The molecular weight excluding hydrogens is 242 g/mol. The fourth-order valence-electron chi connectivity index (χ4n) is 2.17. The summed E-state index contributed by atoms with van der Waals surface area (Å²) in [6, 6.07) is 7.95. The van der Waals surface area contributed by atoms with E-state index in [1.165, 1.54) is 15.8 Å². The van der Waals surface area contributed by atoms with Crippen molar-refractivity contribution >= 4 is 5.57 Å². The number of hydrogen-bond acceptors (Lipinski definition) is 4. The largest absolute Gasteiger partial charge is 0.437 e. The molecule has 5 nitrogen and oxygen atoms in total. The Morgan fingerprint density at radius 3 is 2.58 bits per heavy atom. The predicted octanol–water partition coefficient (Wildman–Crippen LogP) is 1.42. The summed E-state index contributed by atoms with van der Waals surface area (Å²) in [5.41, 5.74) is 3.38. The Morgan fingerprint density at radius 1 is 1.26 bits per heavy atom. The third-order valence-electron chi connectivity index (χ3n) is 3.26. The molecule has 1 aromatic carbocycles. The topological polar surface area (TPSA) is 60.1 Å². The summed E-state index contributed by atoms with van der Waals surface area (Å²) in [4.78, 5) is 11.2. The lowest BCUT2D eigenvalue weighted by molar-refractivity contribution is 0.505. The first kappa shape index (κ1) is 11.9. The molecule has 2 aromatic rings. The maximum Gasteiger partial charge on any atom is 0.437 e. The van der Waals surface area contributed by atoms with E-state index < -0.39 is 5.76 Å². The number of nitrogens with zero attached hydrogens (tertiary/aromatic N) is 2. The standard InChI is InChI=1S/C14H15N3O2/c1-17-14(18)19-13(16-17)12-4-2-10(3-5-12)11-6-8-15-9-7-11/h2-6,15H,7-9H2,1H3. The average molecular weight is 257 g/mol. The second kappa shape index (κ2) is 4.85. The maximum absolute atomic E-state index is 11.2. The van der Waals surface area contributed by atoms with Gasteiger partial charge in [-0.15, -0.1) is 5.10 Å². The van der Waals surface area contributed by atoms with Crippen LogP contribution in [0.5, 0.6) is 0 Å². The second-order valence-electron chi connectivity index (χ2n) is 4.56. The molecule has 1 aliphatic heterocycles. The molecule has 1 N–H and O–H groups in total. The minimum absolute atomic E-state index is 0.360. The van der Waals surface area contributed by atoms with Gasteiger partial charge in [-0.05, 0) is 36.2 Å². The summed E-state index contributed by atoms with van der Waals surface area (Å²) in [7, 11) is 1.57. The second-order valence-corrected chi connectivity index (χ2v) is 4.56. The van der Waals surface area contributed by atoms with Crippen molar-refractivity contribution in [3.05, 3.63) is 46.5 Å². The third kappa shape index (κ3) is 2.37. The number of aryl methyl sites for hydroxylation is 1. The van der Waals surface area contributed by atoms with Crippen molar-refractivity contribution in [1.29, 1.82) is 0 Å². The van der Waals surface area contributed by atoms with Gasteiger partial charge in [0, 0.05) is 19.2 Å². The zero-order valence-electron chi connectivity index (χ0n) is 10.7. The molecule has 0 spiro atoms. The van der Waals surface area contributed by atoms with Crippen LogP contribution in [0, 0.1) is 0 Å². The van der Waals surface area contributed by atoms with Crippen LogP contribution in [-0.2, 0) is 7.05 Å². The molecule has 0 bridgehead atoms. The van der Waals surface area contributed by atoms with Crippen molar-refractivity contribution in [3.63, 3.8) is 0 Å².